The zero-order valence-corrected chi connectivity index (χ0v) is 17.5. The quantitative estimate of drug-likeness (QED) is 0.684. The molecular weight excluding hydrogens is 372 g/mol. The summed E-state index contributed by atoms with van der Waals surface area (Å²) in [5, 5.41) is 9.86. The van der Waals surface area contributed by atoms with E-state index in [-0.39, 0.29) is 60.3 Å². The highest BCUT2D eigenvalue weighted by atomic mass is 16.6. The van der Waals surface area contributed by atoms with Crippen LogP contribution in [0, 0.1) is 23.7 Å². The van der Waals surface area contributed by atoms with Gasteiger partial charge in [0.25, 0.3) is 0 Å². The van der Waals surface area contributed by atoms with E-state index in [1.54, 1.807) is 6.08 Å². The Balaban J connectivity index is 1.75. The van der Waals surface area contributed by atoms with Crippen LogP contribution in [-0.2, 0) is 23.9 Å². The first kappa shape index (κ1) is 21.8. The minimum atomic E-state index is -0.642. The van der Waals surface area contributed by atoms with Crippen LogP contribution in [0.2, 0.25) is 0 Å². The normalized spacial score (nSPS) is 35.4. The minimum absolute atomic E-state index is 0.0134. The summed E-state index contributed by atoms with van der Waals surface area (Å²) < 4.78 is 11.2. The molecule has 3 aliphatic rings. The molecule has 29 heavy (non-hydrogen) atoms. The molecule has 1 N–H and O–H groups in total. The van der Waals surface area contributed by atoms with E-state index in [0.29, 0.717) is 19.3 Å². The van der Waals surface area contributed by atoms with Crippen molar-refractivity contribution in [1.29, 1.82) is 0 Å². The average molecular weight is 405 g/mol. The molecule has 0 spiro atoms. The summed E-state index contributed by atoms with van der Waals surface area (Å²) in [6.45, 7) is 5.91. The molecule has 1 fully saturated rings. The molecule has 0 aromatic carbocycles. The summed E-state index contributed by atoms with van der Waals surface area (Å²) >= 11 is 0. The number of esters is 2. The number of allylic oxidation sites excluding steroid dienone is 3. The SMILES string of the molecule is CC[C@H](C)C(=O)O[C@H]1CC(=O)C=C2C=C[C@H](C)[C@H](CCC3C[C@H](O)CC(=O)O3)[C@H]21. The molecule has 6 nitrogen and oxygen atoms in total. The number of aliphatic hydroxyl groups is 1. The van der Waals surface area contributed by atoms with Gasteiger partial charge in [0.15, 0.2) is 5.78 Å². The van der Waals surface area contributed by atoms with Crippen LogP contribution in [0.3, 0.4) is 0 Å². The Hall–Kier alpha value is -1.95. The lowest BCUT2D eigenvalue weighted by Gasteiger charge is -2.42. The van der Waals surface area contributed by atoms with E-state index < -0.39 is 12.2 Å². The third-order valence-corrected chi connectivity index (χ3v) is 6.58. The Morgan fingerprint density at radius 2 is 2.07 bits per heavy atom. The largest absolute Gasteiger partial charge is 0.462 e. The predicted octanol–water partition coefficient (Wildman–Crippen LogP) is 3.13. The molecule has 0 radical (unpaired) electrons. The third kappa shape index (κ3) is 5.16. The topological polar surface area (TPSA) is 89.9 Å². The summed E-state index contributed by atoms with van der Waals surface area (Å²) in [4.78, 5) is 36.3. The highest BCUT2D eigenvalue weighted by Crippen LogP contribution is 2.43. The molecule has 0 aromatic rings. The smallest absolute Gasteiger partial charge is 0.308 e. The first-order chi connectivity index (χ1) is 13.8. The summed E-state index contributed by atoms with van der Waals surface area (Å²) in [6.07, 6.45) is 7.22. The number of carbonyl (C=O) groups excluding carboxylic acids is 3. The Bertz CT molecular complexity index is 708. The molecule has 7 atom stereocenters. The fourth-order valence-corrected chi connectivity index (χ4v) is 4.70. The van der Waals surface area contributed by atoms with Crippen molar-refractivity contribution < 1.29 is 29.0 Å². The van der Waals surface area contributed by atoms with E-state index in [2.05, 4.69) is 13.0 Å². The van der Waals surface area contributed by atoms with E-state index in [1.807, 2.05) is 19.9 Å². The number of ketones is 1. The van der Waals surface area contributed by atoms with Gasteiger partial charge in [0.2, 0.25) is 0 Å². The maximum atomic E-state index is 12.4. The molecule has 1 unspecified atom stereocenters. The van der Waals surface area contributed by atoms with E-state index in [0.717, 1.165) is 12.0 Å². The standard InChI is InChI=1S/C23H32O6/c1-4-13(2)23(27)29-20-11-16(24)9-15-6-5-14(3)19(22(15)20)8-7-18-10-17(25)12-21(26)28-18/h5-6,9,13-14,17-20,22,25H,4,7-8,10-12H2,1-3H3/t13-,14-,17-,18?,19-,20-,22-/m0/s1. The van der Waals surface area contributed by atoms with Gasteiger partial charge in [0, 0.05) is 18.8 Å². The zero-order valence-electron chi connectivity index (χ0n) is 17.5. The highest BCUT2D eigenvalue weighted by molar-refractivity contribution is 5.92. The maximum absolute atomic E-state index is 12.4. The maximum Gasteiger partial charge on any atom is 0.308 e. The van der Waals surface area contributed by atoms with Crippen LogP contribution >= 0.6 is 0 Å². The van der Waals surface area contributed by atoms with Gasteiger partial charge in [0.1, 0.15) is 12.2 Å². The molecular formula is C23H32O6. The van der Waals surface area contributed by atoms with Crippen molar-refractivity contribution in [3.63, 3.8) is 0 Å². The fraction of sp³-hybridized carbons (Fsp3) is 0.696. The van der Waals surface area contributed by atoms with Gasteiger partial charge in [-0.2, -0.15) is 0 Å². The lowest BCUT2D eigenvalue weighted by molar-refractivity contribution is -0.162. The Labute approximate surface area is 172 Å². The second-order valence-electron chi connectivity index (χ2n) is 8.79. The zero-order chi connectivity index (χ0) is 21.1. The second kappa shape index (κ2) is 9.24. The van der Waals surface area contributed by atoms with Crippen LogP contribution in [-0.4, -0.2) is 41.1 Å². The van der Waals surface area contributed by atoms with Crippen LogP contribution in [0.1, 0.15) is 59.3 Å². The molecule has 0 saturated carbocycles. The van der Waals surface area contributed by atoms with E-state index in [9.17, 15) is 19.5 Å². The van der Waals surface area contributed by atoms with Crippen LogP contribution in [0.4, 0.5) is 0 Å². The lowest BCUT2D eigenvalue weighted by Crippen LogP contribution is -2.42. The van der Waals surface area contributed by atoms with Crippen molar-refractivity contribution in [3.05, 3.63) is 23.8 Å². The number of hydrogen-bond acceptors (Lipinski definition) is 6. The molecule has 0 aromatic heterocycles. The highest BCUT2D eigenvalue weighted by Gasteiger charge is 2.42. The van der Waals surface area contributed by atoms with E-state index in [1.165, 1.54) is 0 Å². The van der Waals surface area contributed by atoms with Crippen LogP contribution in [0.25, 0.3) is 0 Å². The number of rotatable bonds is 6. The second-order valence-corrected chi connectivity index (χ2v) is 8.79. The van der Waals surface area contributed by atoms with Crippen molar-refractivity contribution in [2.24, 2.45) is 23.7 Å². The summed E-state index contributed by atoms with van der Waals surface area (Å²) in [5.74, 6) is -0.430. The Morgan fingerprint density at radius 3 is 2.76 bits per heavy atom. The minimum Gasteiger partial charge on any atom is -0.462 e. The van der Waals surface area contributed by atoms with Crippen molar-refractivity contribution in [2.75, 3.05) is 0 Å². The molecule has 160 valence electrons. The third-order valence-electron chi connectivity index (χ3n) is 6.58. The summed E-state index contributed by atoms with van der Waals surface area (Å²) in [5.41, 5.74) is 0.923. The first-order valence-corrected chi connectivity index (χ1v) is 10.8. The molecule has 6 heteroatoms. The van der Waals surface area contributed by atoms with Crippen LogP contribution < -0.4 is 0 Å². The molecule has 1 heterocycles. The average Bonchev–Trinajstić information content (AvgIpc) is 2.65. The number of aliphatic hydroxyl groups excluding tert-OH is 1. The predicted molar refractivity (Wildman–Crippen MR) is 107 cm³/mol. The Morgan fingerprint density at radius 1 is 1.31 bits per heavy atom. The first-order valence-electron chi connectivity index (χ1n) is 10.8. The number of cyclic esters (lactones) is 1. The van der Waals surface area contributed by atoms with Crippen molar-refractivity contribution >= 4 is 17.7 Å². The van der Waals surface area contributed by atoms with Crippen LogP contribution in [0.15, 0.2) is 23.8 Å². The fourth-order valence-electron chi connectivity index (χ4n) is 4.70. The van der Waals surface area contributed by atoms with Gasteiger partial charge in [-0.1, -0.05) is 32.9 Å². The van der Waals surface area contributed by atoms with Gasteiger partial charge in [-0.15, -0.1) is 0 Å². The van der Waals surface area contributed by atoms with Gasteiger partial charge in [-0.25, -0.2) is 0 Å². The van der Waals surface area contributed by atoms with Gasteiger partial charge in [0.05, 0.1) is 18.4 Å². The van der Waals surface area contributed by atoms with Gasteiger partial charge >= 0.3 is 11.9 Å². The van der Waals surface area contributed by atoms with Crippen molar-refractivity contribution in [3.8, 4) is 0 Å². The molecule has 2 aliphatic carbocycles. The number of carbonyl (C=O) groups is 3. The lowest BCUT2D eigenvalue weighted by atomic mass is 9.66. The molecule has 1 saturated heterocycles. The van der Waals surface area contributed by atoms with Gasteiger partial charge < -0.3 is 14.6 Å². The molecule has 0 bridgehead atoms. The van der Waals surface area contributed by atoms with E-state index >= 15 is 0 Å². The van der Waals surface area contributed by atoms with Crippen molar-refractivity contribution in [2.45, 2.75) is 77.6 Å². The molecule has 1 aliphatic heterocycles. The monoisotopic (exact) mass is 404 g/mol. The van der Waals surface area contributed by atoms with Gasteiger partial charge in [-0.05, 0) is 42.7 Å². The van der Waals surface area contributed by atoms with E-state index in [4.69, 9.17) is 9.47 Å². The van der Waals surface area contributed by atoms with Gasteiger partial charge in [-0.3, -0.25) is 14.4 Å². The molecule has 0 amide bonds. The number of hydrogen-bond donors (Lipinski definition) is 1. The molecule has 3 rings (SSSR count). The van der Waals surface area contributed by atoms with Crippen LogP contribution in [0.5, 0.6) is 0 Å². The number of fused-ring (bicyclic) bond motifs is 1. The number of ether oxygens (including phenoxy) is 2. The Kier molecular flexibility index (Phi) is 6.93. The van der Waals surface area contributed by atoms with Crippen molar-refractivity contribution in [1.82, 2.24) is 0 Å². The summed E-state index contributed by atoms with van der Waals surface area (Å²) in [6, 6.07) is 0. The summed E-state index contributed by atoms with van der Waals surface area (Å²) in [7, 11) is 0.